The van der Waals surface area contributed by atoms with Crippen LogP contribution in [0.25, 0.3) is 10.1 Å². The van der Waals surface area contributed by atoms with Crippen LogP contribution in [0.3, 0.4) is 0 Å². The molecule has 0 amide bonds. The van der Waals surface area contributed by atoms with E-state index < -0.39 is 0 Å². The minimum absolute atomic E-state index is 0.870. The molecule has 3 rings (SSSR count). The Morgan fingerprint density at radius 1 is 1.18 bits per heavy atom. The molecule has 2 aromatic rings. The molecular formula is C13H15ClN2S. The highest BCUT2D eigenvalue weighted by Crippen LogP contribution is 2.33. The van der Waals surface area contributed by atoms with Gasteiger partial charge in [0.05, 0.1) is 5.02 Å². The number of fused-ring (bicyclic) bond motifs is 1. The third kappa shape index (κ3) is 2.15. The van der Waals surface area contributed by atoms with Gasteiger partial charge in [-0.05, 0) is 25.2 Å². The van der Waals surface area contributed by atoms with Crippen LogP contribution in [-0.2, 0) is 0 Å². The summed E-state index contributed by atoms with van der Waals surface area (Å²) in [5.41, 5.74) is 1.32. The quantitative estimate of drug-likeness (QED) is 0.781. The first kappa shape index (κ1) is 11.3. The van der Waals surface area contributed by atoms with Crippen LogP contribution in [0.2, 0.25) is 5.02 Å². The SMILES string of the molecule is CN1CCN(c2ccc3c(Cl)csc3c2)CC1. The number of halogens is 1. The number of thiophene rings is 1. The lowest BCUT2D eigenvalue weighted by atomic mass is 10.2. The molecule has 1 aliphatic heterocycles. The third-order valence-corrected chi connectivity index (χ3v) is 4.77. The Morgan fingerprint density at radius 2 is 1.94 bits per heavy atom. The van der Waals surface area contributed by atoms with Gasteiger partial charge in [0, 0.05) is 47.3 Å². The first-order valence-electron chi connectivity index (χ1n) is 5.84. The summed E-state index contributed by atoms with van der Waals surface area (Å²) in [5, 5.41) is 4.06. The van der Waals surface area contributed by atoms with Crippen molar-refractivity contribution in [1.82, 2.24) is 4.90 Å². The fourth-order valence-electron chi connectivity index (χ4n) is 2.25. The molecule has 2 nitrogen and oxygen atoms in total. The normalized spacial score (nSPS) is 17.9. The molecule has 2 heterocycles. The van der Waals surface area contributed by atoms with Gasteiger partial charge >= 0.3 is 0 Å². The minimum atomic E-state index is 0.870. The maximum atomic E-state index is 6.12. The van der Waals surface area contributed by atoms with Crippen molar-refractivity contribution in [3.63, 3.8) is 0 Å². The Kier molecular flexibility index (Phi) is 2.99. The van der Waals surface area contributed by atoms with E-state index in [0.717, 1.165) is 31.2 Å². The zero-order chi connectivity index (χ0) is 11.8. The second-order valence-electron chi connectivity index (χ2n) is 4.55. The largest absolute Gasteiger partial charge is 0.369 e. The molecule has 0 bridgehead atoms. The van der Waals surface area contributed by atoms with Crippen LogP contribution < -0.4 is 4.90 Å². The van der Waals surface area contributed by atoms with Gasteiger partial charge in [-0.25, -0.2) is 0 Å². The summed E-state index contributed by atoms with van der Waals surface area (Å²) in [6.45, 7) is 4.51. The van der Waals surface area contributed by atoms with Crippen LogP contribution in [0.4, 0.5) is 5.69 Å². The van der Waals surface area contributed by atoms with Gasteiger partial charge in [-0.1, -0.05) is 11.6 Å². The summed E-state index contributed by atoms with van der Waals surface area (Å²) in [7, 11) is 2.18. The second-order valence-corrected chi connectivity index (χ2v) is 5.87. The Balaban J connectivity index is 1.90. The number of nitrogens with zero attached hydrogens (tertiary/aromatic N) is 2. The van der Waals surface area contributed by atoms with E-state index in [-0.39, 0.29) is 0 Å². The zero-order valence-corrected chi connectivity index (χ0v) is 11.4. The molecule has 0 atom stereocenters. The van der Waals surface area contributed by atoms with Gasteiger partial charge in [-0.15, -0.1) is 11.3 Å². The number of benzene rings is 1. The standard InChI is InChI=1S/C13H15ClN2S/c1-15-4-6-16(7-5-15)10-2-3-11-12(14)9-17-13(11)8-10/h2-3,8-9H,4-7H2,1H3. The monoisotopic (exact) mass is 266 g/mol. The predicted molar refractivity (Wildman–Crippen MR) is 76.5 cm³/mol. The zero-order valence-electron chi connectivity index (χ0n) is 9.82. The molecule has 0 N–H and O–H groups in total. The molecule has 0 unspecified atom stereocenters. The van der Waals surface area contributed by atoms with Crippen molar-refractivity contribution in [1.29, 1.82) is 0 Å². The van der Waals surface area contributed by atoms with Crippen LogP contribution in [0.1, 0.15) is 0 Å². The fourth-order valence-corrected chi connectivity index (χ4v) is 3.45. The highest BCUT2D eigenvalue weighted by molar-refractivity contribution is 7.17. The third-order valence-electron chi connectivity index (χ3n) is 3.38. The molecular weight excluding hydrogens is 252 g/mol. The van der Waals surface area contributed by atoms with Crippen LogP contribution >= 0.6 is 22.9 Å². The lowest BCUT2D eigenvalue weighted by Gasteiger charge is -2.34. The van der Waals surface area contributed by atoms with Gasteiger partial charge in [0.25, 0.3) is 0 Å². The fraction of sp³-hybridized carbons (Fsp3) is 0.385. The highest BCUT2D eigenvalue weighted by atomic mass is 35.5. The van der Waals surface area contributed by atoms with E-state index in [1.54, 1.807) is 11.3 Å². The van der Waals surface area contributed by atoms with Crippen molar-refractivity contribution >= 4 is 38.7 Å². The number of hydrogen-bond donors (Lipinski definition) is 0. The number of hydrogen-bond acceptors (Lipinski definition) is 3. The van der Waals surface area contributed by atoms with E-state index >= 15 is 0 Å². The van der Waals surface area contributed by atoms with Crippen molar-refractivity contribution in [2.75, 3.05) is 38.1 Å². The smallest absolute Gasteiger partial charge is 0.0591 e. The van der Waals surface area contributed by atoms with E-state index in [4.69, 9.17) is 11.6 Å². The van der Waals surface area contributed by atoms with Crippen LogP contribution in [0.5, 0.6) is 0 Å². The number of rotatable bonds is 1. The molecule has 4 heteroatoms. The molecule has 90 valence electrons. The molecule has 0 saturated carbocycles. The summed E-state index contributed by atoms with van der Waals surface area (Å²) in [6.07, 6.45) is 0. The number of piperazine rings is 1. The molecule has 1 aromatic carbocycles. The molecule has 1 aliphatic rings. The second kappa shape index (κ2) is 4.48. The van der Waals surface area contributed by atoms with Gasteiger partial charge in [0.2, 0.25) is 0 Å². The summed E-state index contributed by atoms with van der Waals surface area (Å²) >= 11 is 7.84. The molecule has 17 heavy (non-hydrogen) atoms. The topological polar surface area (TPSA) is 6.48 Å². The summed E-state index contributed by atoms with van der Waals surface area (Å²) < 4.78 is 1.28. The maximum Gasteiger partial charge on any atom is 0.0591 e. The average molecular weight is 267 g/mol. The van der Waals surface area contributed by atoms with Gasteiger partial charge < -0.3 is 9.80 Å². The Bertz CT molecular complexity index is 529. The lowest BCUT2D eigenvalue weighted by molar-refractivity contribution is 0.313. The van der Waals surface area contributed by atoms with Gasteiger partial charge in [0.1, 0.15) is 0 Å². The predicted octanol–water partition coefficient (Wildman–Crippen LogP) is 3.31. The Morgan fingerprint density at radius 3 is 2.71 bits per heavy atom. The van der Waals surface area contributed by atoms with Crippen molar-refractivity contribution in [3.05, 3.63) is 28.6 Å². The van der Waals surface area contributed by atoms with Crippen molar-refractivity contribution in [2.24, 2.45) is 0 Å². The number of anilines is 1. The highest BCUT2D eigenvalue weighted by Gasteiger charge is 2.14. The van der Waals surface area contributed by atoms with Crippen molar-refractivity contribution < 1.29 is 0 Å². The molecule has 0 radical (unpaired) electrons. The molecule has 1 saturated heterocycles. The van der Waals surface area contributed by atoms with E-state index in [2.05, 4.69) is 35.0 Å². The molecule has 0 aliphatic carbocycles. The van der Waals surface area contributed by atoms with Crippen LogP contribution in [0, 0.1) is 0 Å². The maximum absolute atomic E-state index is 6.12. The summed E-state index contributed by atoms with van der Waals surface area (Å²) in [5.74, 6) is 0. The van der Waals surface area contributed by atoms with Crippen molar-refractivity contribution in [3.8, 4) is 0 Å². The molecule has 0 spiro atoms. The van der Waals surface area contributed by atoms with Crippen molar-refractivity contribution in [2.45, 2.75) is 0 Å². The minimum Gasteiger partial charge on any atom is -0.369 e. The van der Waals surface area contributed by atoms with E-state index in [9.17, 15) is 0 Å². The van der Waals surface area contributed by atoms with Gasteiger partial charge in [-0.2, -0.15) is 0 Å². The van der Waals surface area contributed by atoms with Crippen LogP contribution in [0.15, 0.2) is 23.6 Å². The first-order chi connectivity index (χ1) is 8.24. The van der Waals surface area contributed by atoms with Gasteiger partial charge in [0.15, 0.2) is 0 Å². The Labute approximate surface area is 110 Å². The van der Waals surface area contributed by atoms with E-state index in [0.29, 0.717) is 0 Å². The van der Waals surface area contributed by atoms with E-state index in [1.807, 2.05) is 5.38 Å². The van der Waals surface area contributed by atoms with Gasteiger partial charge in [-0.3, -0.25) is 0 Å². The lowest BCUT2D eigenvalue weighted by Crippen LogP contribution is -2.44. The molecule has 1 aromatic heterocycles. The number of likely N-dealkylation sites (N-methyl/N-ethyl adjacent to an activating group) is 1. The first-order valence-corrected chi connectivity index (χ1v) is 7.10. The summed E-state index contributed by atoms with van der Waals surface area (Å²) in [6, 6.07) is 6.59. The van der Waals surface area contributed by atoms with Crippen LogP contribution in [-0.4, -0.2) is 38.1 Å². The molecule has 1 fully saturated rings. The Hall–Kier alpha value is -0.770. The van der Waals surface area contributed by atoms with E-state index in [1.165, 1.54) is 15.8 Å². The summed E-state index contributed by atoms with van der Waals surface area (Å²) in [4.78, 5) is 4.82. The average Bonchev–Trinajstić information content (AvgIpc) is 2.72.